The van der Waals surface area contributed by atoms with E-state index in [1.165, 1.54) is 0 Å². The molecule has 0 bridgehead atoms. The molecule has 4 heteroatoms. The van der Waals surface area contributed by atoms with Crippen molar-refractivity contribution in [3.8, 4) is 5.75 Å². The Balaban J connectivity index is 2.34. The highest BCUT2D eigenvalue weighted by atomic mass is 16.5. The number of hydrogen-bond donors (Lipinski definition) is 2. The minimum absolute atomic E-state index is 0.152. The number of rotatable bonds is 1. The number of amides is 1. The Morgan fingerprint density at radius 1 is 1.43 bits per heavy atom. The third-order valence-electron chi connectivity index (χ3n) is 2.45. The van der Waals surface area contributed by atoms with E-state index in [9.17, 15) is 4.79 Å². The predicted molar refractivity (Wildman–Crippen MR) is 51.8 cm³/mol. The number of hydrogen-bond acceptors (Lipinski definition) is 3. The molecule has 0 unspecified atom stereocenters. The summed E-state index contributed by atoms with van der Waals surface area (Å²) in [4.78, 5) is 11.1. The van der Waals surface area contributed by atoms with Crippen LogP contribution in [0.25, 0.3) is 0 Å². The number of carbonyl (C=O) groups excluding carboxylic acids is 1. The van der Waals surface area contributed by atoms with Crippen LogP contribution in [-0.2, 0) is 11.2 Å². The van der Waals surface area contributed by atoms with E-state index in [0.29, 0.717) is 6.42 Å². The fourth-order valence-electron chi connectivity index (χ4n) is 1.55. The first kappa shape index (κ1) is 9.02. The summed E-state index contributed by atoms with van der Waals surface area (Å²) in [5, 5.41) is 0. The van der Waals surface area contributed by atoms with Crippen LogP contribution in [0.3, 0.4) is 0 Å². The van der Waals surface area contributed by atoms with E-state index in [1.807, 2.05) is 24.3 Å². The minimum Gasteiger partial charge on any atom is -0.491 e. The van der Waals surface area contributed by atoms with Crippen molar-refractivity contribution >= 4 is 5.91 Å². The second kappa shape index (κ2) is 2.99. The Morgan fingerprint density at radius 3 is 2.86 bits per heavy atom. The zero-order valence-electron chi connectivity index (χ0n) is 7.69. The van der Waals surface area contributed by atoms with Crippen molar-refractivity contribution in [1.29, 1.82) is 0 Å². The van der Waals surface area contributed by atoms with Crippen molar-refractivity contribution in [3.63, 3.8) is 0 Å². The summed E-state index contributed by atoms with van der Waals surface area (Å²) >= 11 is 0. The topological polar surface area (TPSA) is 78.3 Å². The van der Waals surface area contributed by atoms with Crippen LogP contribution in [0.2, 0.25) is 0 Å². The maximum atomic E-state index is 11.1. The quantitative estimate of drug-likeness (QED) is 0.647. The molecule has 4 N–H and O–H groups in total. The van der Waals surface area contributed by atoms with E-state index in [0.717, 1.165) is 11.3 Å². The van der Waals surface area contributed by atoms with Gasteiger partial charge in [-0.2, -0.15) is 0 Å². The number of nitrogens with two attached hydrogens (primary N) is 2. The van der Waals surface area contributed by atoms with Crippen LogP contribution in [0.15, 0.2) is 24.3 Å². The number of fused-ring (bicyclic) bond motifs is 1. The average molecular weight is 192 g/mol. The van der Waals surface area contributed by atoms with Crippen LogP contribution in [0.1, 0.15) is 5.56 Å². The van der Waals surface area contributed by atoms with Gasteiger partial charge in [-0.3, -0.25) is 4.79 Å². The maximum Gasteiger partial charge on any atom is 0.241 e. The number of primary amides is 1. The van der Waals surface area contributed by atoms with Crippen molar-refractivity contribution < 1.29 is 9.53 Å². The van der Waals surface area contributed by atoms with Crippen LogP contribution >= 0.6 is 0 Å². The fraction of sp³-hybridized carbons (Fsp3) is 0.300. The lowest BCUT2D eigenvalue weighted by Gasteiger charge is -2.31. The van der Waals surface area contributed by atoms with Gasteiger partial charge in [-0.05, 0) is 11.6 Å². The summed E-state index contributed by atoms with van der Waals surface area (Å²) in [6.45, 7) is 0.152. The Kier molecular flexibility index (Phi) is 1.93. The molecule has 1 heterocycles. The first-order chi connectivity index (χ1) is 6.62. The molecule has 0 radical (unpaired) electrons. The SMILES string of the molecule is NC(=O)[C@@]1(N)COc2ccccc2C1. The minimum atomic E-state index is -1.06. The standard InChI is InChI=1S/C10H12N2O2/c11-9(13)10(12)5-7-3-1-2-4-8(7)14-6-10/h1-4H,5-6,12H2,(H2,11,13)/t10-/m0/s1. The van der Waals surface area contributed by atoms with Crippen molar-refractivity contribution in [1.82, 2.24) is 0 Å². The fourth-order valence-corrected chi connectivity index (χ4v) is 1.55. The predicted octanol–water partition coefficient (Wildman–Crippen LogP) is -0.196. The van der Waals surface area contributed by atoms with Crippen LogP contribution in [0, 0.1) is 0 Å². The van der Waals surface area contributed by atoms with Gasteiger partial charge in [-0.1, -0.05) is 18.2 Å². The summed E-state index contributed by atoms with van der Waals surface area (Å²) in [5.41, 5.74) is 10.9. The van der Waals surface area contributed by atoms with Crippen LogP contribution in [0.4, 0.5) is 0 Å². The van der Waals surface area contributed by atoms with Gasteiger partial charge in [0.1, 0.15) is 17.9 Å². The Bertz CT molecular complexity index is 378. The summed E-state index contributed by atoms with van der Waals surface area (Å²) < 4.78 is 5.37. The number of carbonyl (C=O) groups is 1. The lowest BCUT2D eigenvalue weighted by molar-refractivity contribution is -0.124. The van der Waals surface area contributed by atoms with E-state index >= 15 is 0 Å². The molecule has 0 fully saturated rings. The Labute approximate surface area is 81.8 Å². The maximum absolute atomic E-state index is 11.1. The van der Waals surface area contributed by atoms with Crippen molar-refractivity contribution in [2.75, 3.05) is 6.61 Å². The smallest absolute Gasteiger partial charge is 0.241 e. The molecule has 0 spiro atoms. The molecule has 1 amide bonds. The zero-order valence-corrected chi connectivity index (χ0v) is 7.69. The van der Waals surface area contributed by atoms with Gasteiger partial charge < -0.3 is 16.2 Å². The molecular formula is C10H12N2O2. The van der Waals surface area contributed by atoms with E-state index < -0.39 is 11.4 Å². The van der Waals surface area contributed by atoms with E-state index in [4.69, 9.17) is 16.2 Å². The molecule has 1 atom stereocenters. The third kappa shape index (κ3) is 1.33. The van der Waals surface area contributed by atoms with Gasteiger partial charge in [0.25, 0.3) is 0 Å². The van der Waals surface area contributed by atoms with Gasteiger partial charge >= 0.3 is 0 Å². The lowest BCUT2D eigenvalue weighted by atomic mass is 9.89. The summed E-state index contributed by atoms with van der Waals surface area (Å²) in [6, 6.07) is 7.51. The van der Waals surface area contributed by atoms with Gasteiger partial charge in [0, 0.05) is 6.42 Å². The monoisotopic (exact) mass is 192 g/mol. The highest BCUT2D eigenvalue weighted by Gasteiger charge is 2.37. The molecule has 0 saturated heterocycles. The number of benzene rings is 1. The highest BCUT2D eigenvalue weighted by molar-refractivity contribution is 5.85. The number of para-hydroxylation sites is 1. The summed E-state index contributed by atoms with van der Waals surface area (Å²) in [6.07, 6.45) is 0.443. The molecule has 0 aliphatic carbocycles. The van der Waals surface area contributed by atoms with Crippen LogP contribution in [0.5, 0.6) is 5.75 Å². The number of ether oxygens (including phenoxy) is 1. The largest absolute Gasteiger partial charge is 0.491 e. The van der Waals surface area contributed by atoms with Gasteiger partial charge in [0.15, 0.2) is 0 Å². The van der Waals surface area contributed by atoms with Crippen molar-refractivity contribution in [2.24, 2.45) is 11.5 Å². The van der Waals surface area contributed by atoms with E-state index in [1.54, 1.807) is 0 Å². The zero-order chi connectivity index (χ0) is 10.2. The molecule has 0 saturated carbocycles. The first-order valence-electron chi connectivity index (χ1n) is 4.41. The lowest BCUT2D eigenvalue weighted by Crippen LogP contribution is -2.59. The van der Waals surface area contributed by atoms with Crippen molar-refractivity contribution in [3.05, 3.63) is 29.8 Å². The normalized spacial score (nSPS) is 24.9. The Morgan fingerprint density at radius 2 is 2.14 bits per heavy atom. The summed E-state index contributed by atoms with van der Waals surface area (Å²) in [7, 11) is 0. The second-order valence-corrected chi connectivity index (χ2v) is 3.59. The summed E-state index contributed by atoms with van der Waals surface area (Å²) in [5.74, 6) is 0.266. The van der Waals surface area contributed by atoms with Crippen LogP contribution in [-0.4, -0.2) is 18.1 Å². The molecule has 14 heavy (non-hydrogen) atoms. The molecule has 1 aliphatic heterocycles. The third-order valence-corrected chi connectivity index (χ3v) is 2.45. The first-order valence-corrected chi connectivity index (χ1v) is 4.41. The molecule has 74 valence electrons. The van der Waals surface area contributed by atoms with Gasteiger partial charge in [0.05, 0.1) is 0 Å². The molecule has 1 aromatic carbocycles. The molecule has 2 rings (SSSR count). The molecule has 4 nitrogen and oxygen atoms in total. The molecule has 1 aliphatic rings. The van der Waals surface area contributed by atoms with E-state index in [2.05, 4.69) is 0 Å². The molecule has 0 aromatic heterocycles. The second-order valence-electron chi connectivity index (χ2n) is 3.59. The highest BCUT2D eigenvalue weighted by Crippen LogP contribution is 2.27. The van der Waals surface area contributed by atoms with Crippen LogP contribution < -0.4 is 16.2 Å². The molecular weight excluding hydrogens is 180 g/mol. The van der Waals surface area contributed by atoms with Gasteiger partial charge in [0.2, 0.25) is 5.91 Å². The Hall–Kier alpha value is -1.55. The van der Waals surface area contributed by atoms with Crippen molar-refractivity contribution in [2.45, 2.75) is 12.0 Å². The molecule has 1 aromatic rings. The van der Waals surface area contributed by atoms with Gasteiger partial charge in [-0.25, -0.2) is 0 Å². The van der Waals surface area contributed by atoms with E-state index in [-0.39, 0.29) is 6.61 Å². The average Bonchev–Trinajstić information content (AvgIpc) is 2.17. The van der Waals surface area contributed by atoms with Gasteiger partial charge in [-0.15, -0.1) is 0 Å².